The third-order valence-corrected chi connectivity index (χ3v) is 3.75. The molecule has 3 N–H and O–H groups in total. The molecule has 3 nitrogen and oxygen atoms in total. The van der Waals surface area contributed by atoms with E-state index in [0.29, 0.717) is 10.7 Å². The Labute approximate surface area is 113 Å². The molecule has 2 aromatic carbocycles. The van der Waals surface area contributed by atoms with Crippen LogP contribution in [0.15, 0.2) is 52.5 Å². The normalized spacial score (nSPS) is 10.9. The van der Waals surface area contributed by atoms with Gasteiger partial charge in [0.05, 0.1) is 11.0 Å². The zero-order valence-electron chi connectivity index (χ0n) is 9.35. The van der Waals surface area contributed by atoms with Crippen molar-refractivity contribution in [1.29, 1.82) is 0 Å². The first-order valence-electron chi connectivity index (χ1n) is 5.40. The van der Waals surface area contributed by atoms with Gasteiger partial charge < -0.3 is 10.7 Å². The van der Waals surface area contributed by atoms with Crippen molar-refractivity contribution >= 4 is 40.1 Å². The lowest BCUT2D eigenvalue weighted by atomic mass is 10.3. The van der Waals surface area contributed by atoms with Gasteiger partial charge in [0.2, 0.25) is 0 Å². The molecule has 0 amide bonds. The highest BCUT2D eigenvalue weighted by Crippen LogP contribution is 2.33. The van der Waals surface area contributed by atoms with Crippen molar-refractivity contribution in [3.05, 3.63) is 47.5 Å². The fourth-order valence-electron chi connectivity index (χ4n) is 1.68. The van der Waals surface area contributed by atoms with Gasteiger partial charge in [-0.25, -0.2) is 4.98 Å². The molecule has 0 atom stereocenters. The van der Waals surface area contributed by atoms with Crippen molar-refractivity contribution < 1.29 is 0 Å². The summed E-state index contributed by atoms with van der Waals surface area (Å²) < 4.78 is 0. The second-order valence-corrected chi connectivity index (χ2v) is 5.31. The summed E-state index contributed by atoms with van der Waals surface area (Å²) in [4.78, 5) is 8.64. The number of nitrogens with two attached hydrogens (primary N) is 1. The smallest absolute Gasteiger partial charge is 0.171 e. The predicted octanol–water partition coefficient (Wildman–Crippen LogP) is 3.95. The molecular weight excluding hydrogens is 266 g/mol. The topological polar surface area (TPSA) is 54.7 Å². The Morgan fingerprint density at radius 2 is 2.00 bits per heavy atom. The van der Waals surface area contributed by atoms with E-state index >= 15 is 0 Å². The number of aromatic nitrogens is 2. The van der Waals surface area contributed by atoms with Crippen LogP contribution in [0.3, 0.4) is 0 Å². The monoisotopic (exact) mass is 275 g/mol. The van der Waals surface area contributed by atoms with E-state index in [1.54, 1.807) is 12.1 Å². The highest BCUT2D eigenvalue weighted by molar-refractivity contribution is 7.99. The molecule has 0 spiro atoms. The summed E-state index contributed by atoms with van der Waals surface area (Å²) in [5, 5.41) is 1.48. The van der Waals surface area contributed by atoms with Crippen LogP contribution >= 0.6 is 23.4 Å². The number of aromatic amines is 1. The van der Waals surface area contributed by atoms with Crippen LogP contribution in [-0.2, 0) is 0 Å². The van der Waals surface area contributed by atoms with Crippen molar-refractivity contribution in [3.8, 4) is 0 Å². The zero-order valence-corrected chi connectivity index (χ0v) is 10.9. The van der Waals surface area contributed by atoms with Crippen LogP contribution in [-0.4, -0.2) is 9.97 Å². The van der Waals surface area contributed by atoms with Crippen LogP contribution in [0.1, 0.15) is 0 Å². The third-order valence-electron chi connectivity index (χ3n) is 2.55. The van der Waals surface area contributed by atoms with E-state index in [2.05, 4.69) is 9.97 Å². The number of hydrogen-bond acceptors (Lipinski definition) is 3. The summed E-state index contributed by atoms with van der Waals surface area (Å²) in [7, 11) is 0. The summed E-state index contributed by atoms with van der Waals surface area (Å²) >= 11 is 7.44. The maximum absolute atomic E-state index is 5.96. The van der Waals surface area contributed by atoms with E-state index in [1.807, 2.05) is 30.3 Å². The summed E-state index contributed by atoms with van der Waals surface area (Å²) in [6, 6.07) is 13.3. The second-order valence-electron chi connectivity index (χ2n) is 3.84. The molecule has 3 aromatic rings. The van der Waals surface area contributed by atoms with E-state index < -0.39 is 0 Å². The third kappa shape index (κ3) is 2.17. The summed E-state index contributed by atoms with van der Waals surface area (Å²) in [6.45, 7) is 0. The molecule has 0 bridgehead atoms. The largest absolute Gasteiger partial charge is 0.398 e. The number of H-pyrrole nitrogens is 1. The van der Waals surface area contributed by atoms with Crippen LogP contribution in [0.4, 0.5) is 5.69 Å². The lowest BCUT2D eigenvalue weighted by Crippen LogP contribution is -1.88. The number of nitrogens with zero attached hydrogens (tertiary/aromatic N) is 1. The van der Waals surface area contributed by atoms with Gasteiger partial charge in [-0.05, 0) is 42.1 Å². The van der Waals surface area contributed by atoms with Gasteiger partial charge >= 0.3 is 0 Å². The molecule has 1 heterocycles. The lowest BCUT2D eigenvalue weighted by Gasteiger charge is -2.02. The number of nitrogen functional groups attached to an aromatic ring is 1. The summed E-state index contributed by atoms with van der Waals surface area (Å²) in [5.41, 5.74) is 8.57. The van der Waals surface area contributed by atoms with Crippen LogP contribution < -0.4 is 5.73 Å². The molecular formula is C13H10ClN3S. The van der Waals surface area contributed by atoms with Gasteiger partial charge in [-0.2, -0.15) is 0 Å². The number of hydrogen-bond donors (Lipinski definition) is 2. The number of rotatable bonds is 2. The Morgan fingerprint density at radius 1 is 1.17 bits per heavy atom. The van der Waals surface area contributed by atoms with Crippen molar-refractivity contribution in [1.82, 2.24) is 9.97 Å². The molecule has 0 saturated heterocycles. The molecule has 0 aliphatic rings. The highest BCUT2D eigenvalue weighted by Gasteiger charge is 2.07. The molecule has 0 radical (unpaired) electrons. The number of fused-ring (bicyclic) bond motifs is 1. The number of benzene rings is 2. The van der Waals surface area contributed by atoms with E-state index in [9.17, 15) is 0 Å². The quantitative estimate of drug-likeness (QED) is 0.696. The average molecular weight is 276 g/mol. The Kier molecular flexibility index (Phi) is 2.89. The number of halogens is 1. The zero-order chi connectivity index (χ0) is 12.5. The first kappa shape index (κ1) is 11.4. The first-order chi connectivity index (χ1) is 8.72. The Balaban J connectivity index is 1.98. The Bertz CT molecular complexity index is 675. The molecule has 18 heavy (non-hydrogen) atoms. The Morgan fingerprint density at radius 3 is 2.83 bits per heavy atom. The molecule has 0 aliphatic carbocycles. The first-order valence-corrected chi connectivity index (χ1v) is 6.59. The van der Waals surface area contributed by atoms with Crippen LogP contribution in [0.2, 0.25) is 5.02 Å². The van der Waals surface area contributed by atoms with Crippen molar-refractivity contribution in [2.24, 2.45) is 0 Å². The van der Waals surface area contributed by atoms with Gasteiger partial charge in [-0.15, -0.1) is 0 Å². The summed E-state index contributed by atoms with van der Waals surface area (Å²) in [5.74, 6) is 0. The number of para-hydroxylation sites is 2. The second kappa shape index (κ2) is 4.55. The van der Waals surface area contributed by atoms with E-state index in [4.69, 9.17) is 17.3 Å². The van der Waals surface area contributed by atoms with Gasteiger partial charge in [-0.3, -0.25) is 0 Å². The highest BCUT2D eigenvalue weighted by atomic mass is 35.5. The molecule has 1 aromatic heterocycles. The van der Waals surface area contributed by atoms with Crippen LogP contribution in [0.25, 0.3) is 11.0 Å². The van der Waals surface area contributed by atoms with E-state index in [0.717, 1.165) is 21.1 Å². The van der Waals surface area contributed by atoms with Gasteiger partial charge in [0.25, 0.3) is 0 Å². The minimum absolute atomic E-state index is 0.669. The van der Waals surface area contributed by atoms with Crippen LogP contribution in [0, 0.1) is 0 Å². The number of imidazole rings is 1. The maximum Gasteiger partial charge on any atom is 0.171 e. The standard InChI is InChI=1S/C13H10ClN3S/c14-8-5-6-9(15)12(7-8)18-13-16-10-3-1-2-4-11(10)17-13/h1-7H,15H2,(H,16,17). The fourth-order valence-corrected chi connectivity index (χ4v) is 2.80. The lowest BCUT2D eigenvalue weighted by molar-refractivity contribution is 1.08. The van der Waals surface area contributed by atoms with E-state index in [-0.39, 0.29) is 0 Å². The minimum Gasteiger partial charge on any atom is -0.398 e. The van der Waals surface area contributed by atoms with Gasteiger partial charge in [0.15, 0.2) is 5.16 Å². The average Bonchev–Trinajstić information content (AvgIpc) is 2.76. The van der Waals surface area contributed by atoms with Gasteiger partial charge in [0, 0.05) is 15.6 Å². The van der Waals surface area contributed by atoms with Gasteiger partial charge in [-0.1, -0.05) is 23.7 Å². The van der Waals surface area contributed by atoms with Crippen molar-refractivity contribution in [2.75, 3.05) is 5.73 Å². The minimum atomic E-state index is 0.669. The molecule has 3 rings (SSSR count). The van der Waals surface area contributed by atoms with Gasteiger partial charge in [0.1, 0.15) is 0 Å². The van der Waals surface area contributed by atoms with E-state index in [1.165, 1.54) is 11.8 Å². The molecule has 90 valence electrons. The molecule has 5 heteroatoms. The fraction of sp³-hybridized carbons (Fsp3) is 0. The summed E-state index contributed by atoms with van der Waals surface area (Å²) in [6.07, 6.45) is 0. The predicted molar refractivity (Wildman–Crippen MR) is 76.1 cm³/mol. The van der Waals surface area contributed by atoms with Crippen molar-refractivity contribution in [2.45, 2.75) is 10.1 Å². The van der Waals surface area contributed by atoms with Crippen LogP contribution in [0.5, 0.6) is 0 Å². The number of anilines is 1. The molecule has 0 unspecified atom stereocenters. The van der Waals surface area contributed by atoms with Crippen molar-refractivity contribution in [3.63, 3.8) is 0 Å². The molecule has 0 aliphatic heterocycles. The SMILES string of the molecule is Nc1ccc(Cl)cc1Sc1nc2ccccc2[nH]1. The maximum atomic E-state index is 5.96. The molecule has 0 saturated carbocycles. The Hall–Kier alpha value is -1.65. The molecule has 0 fully saturated rings. The number of nitrogens with one attached hydrogen (secondary N) is 1.